The highest BCUT2D eigenvalue weighted by atomic mass is 31.2. The van der Waals surface area contributed by atoms with Gasteiger partial charge in [-0.2, -0.15) is 0 Å². The second-order valence-corrected chi connectivity index (χ2v) is 10.9. The monoisotopic (exact) mass is 363 g/mol. The van der Waals surface area contributed by atoms with Crippen molar-refractivity contribution in [1.29, 1.82) is 0 Å². The highest BCUT2D eigenvalue weighted by molar-refractivity contribution is 7.62. The van der Waals surface area contributed by atoms with E-state index in [0.29, 0.717) is 6.16 Å². The first kappa shape index (κ1) is 20.6. The molecule has 0 spiro atoms. The molecular weight excluding hydrogens is 336 g/mol. The van der Waals surface area contributed by atoms with E-state index >= 15 is 0 Å². The standard InChI is InChI=1S/C15H27NO5P2/c1-5-20-23(18,21-6-2)16(12-13-22(3,4)17)19-14-15-10-8-7-9-11-15/h7-11H,5-6,12-14H2,1-4H3. The van der Waals surface area contributed by atoms with Crippen LogP contribution in [0.5, 0.6) is 0 Å². The maximum Gasteiger partial charge on any atom is 0.431 e. The fraction of sp³-hybridized carbons (Fsp3) is 0.600. The molecule has 1 aromatic rings. The SMILES string of the molecule is CCOP(=O)(OCC)N(CCP(C)(C)=O)OCc1ccccc1. The minimum atomic E-state index is -3.56. The predicted molar refractivity (Wildman–Crippen MR) is 93.1 cm³/mol. The van der Waals surface area contributed by atoms with E-state index in [2.05, 4.69) is 0 Å². The molecule has 0 heterocycles. The predicted octanol–water partition coefficient (Wildman–Crippen LogP) is 4.22. The van der Waals surface area contributed by atoms with Crippen LogP contribution in [0.4, 0.5) is 0 Å². The van der Waals surface area contributed by atoms with Gasteiger partial charge in [0.2, 0.25) is 0 Å². The maximum atomic E-state index is 12.9. The van der Waals surface area contributed by atoms with Crippen LogP contribution in [-0.4, -0.2) is 44.1 Å². The lowest BCUT2D eigenvalue weighted by molar-refractivity contribution is -0.118. The number of hydrogen-bond donors (Lipinski definition) is 0. The summed E-state index contributed by atoms with van der Waals surface area (Å²) in [6.45, 7) is 7.79. The average Bonchev–Trinajstić information content (AvgIpc) is 2.47. The van der Waals surface area contributed by atoms with Crippen molar-refractivity contribution in [2.45, 2.75) is 20.5 Å². The first-order valence-electron chi connectivity index (χ1n) is 7.68. The summed E-state index contributed by atoms with van der Waals surface area (Å²) in [6, 6.07) is 9.54. The normalized spacial score (nSPS) is 12.7. The van der Waals surface area contributed by atoms with Crippen LogP contribution in [-0.2, 0) is 29.6 Å². The van der Waals surface area contributed by atoms with Crippen LogP contribution < -0.4 is 0 Å². The van der Waals surface area contributed by atoms with Crippen LogP contribution in [0.25, 0.3) is 0 Å². The average molecular weight is 363 g/mol. The molecule has 0 atom stereocenters. The van der Waals surface area contributed by atoms with E-state index < -0.39 is 14.9 Å². The van der Waals surface area contributed by atoms with Gasteiger partial charge in [0.25, 0.3) is 0 Å². The van der Waals surface area contributed by atoms with Crippen molar-refractivity contribution in [1.82, 2.24) is 4.83 Å². The van der Waals surface area contributed by atoms with Gasteiger partial charge in [0.1, 0.15) is 0 Å². The molecule has 0 saturated carbocycles. The number of rotatable bonds is 11. The highest BCUT2D eigenvalue weighted by Gasteiger charge is 2.35. The summed E-state index contributed by atoms with van der Waals surface area (Å²) in [6.07, 6.45) is 0.367. The van der Waals surface area contributed by atoms with Gasteiger partial charge in [-0.25, -0.2) is 4.57 Å². The largest absolute Gasteiger partial charge is 0.431 e. The summed E-state index contributed by atoms with van der Waals surface area (Å²) in [7, 11) is -5.84. The molecule has 0 aliphatic rings. The van der Waals surface area contributed by atoms with Gasteiger partial charge in [-0.3, -0.25) is 13.9 Å². The van der Waals surface area contributed by atoms with Crippen molar-refractivity contribution in [3.63, 3.8) is 0 Å². The molecule has 0 fully saturated rings. The number of nitrogens with zero attached hydrogens (tertiary/aromatic N) is 1. The van der Waals surface area contributed by atoms with Crippen LogP contribution in [0.15, 0.2) is 30.3 Å². The minimum Gasteiger partial charge on any atom is -0.324 e. The van der Waals surface area contributed by atoms with E-state index in [0.717, 1.165) is 5.56 Å². The summed E-state index contributed by atoms with van der Waals surface area (Å²) in [4.78, 5) is 6.92. The van der Waals surface area contributed by atoms with Crippen LogP contribution in [0, 0.1) is 0 Å². The molecule has 23 heavy (non-hydrogen) atoms. The van der Waals surface area contributed by atoms with Crippen LogP contribution in [0.2, 0.25) is 0 Å². The molecule has 0 aliphatic heterocycles. The molecule has 0 aliphatic carbocycles. The maximum absolute atomic E-state index is 12.9. The first-order valence-corrected chi connectivity index (χ1v) is 12.0. The second kappa shape index (κ2) is 9.73. The van der Waals surface area contributed by atoms with Crippen molar-refractivity contribution in [3.8, 4) is 0 Å². The fourth-order valence-electron chi connectivity index (χ4n) is 1.80. The zero-order valence-electron chi connectivity index (χ0n) is 14.3. The Bertz CT molecular complexity index is 536. The first-order chi connectivity index (χ1) is 10.8. The third-order valence-electron chi connectivity index (χ3n) is 2.91. The summed E-state index contributed by atoms with van der Waals surface area (Å²) < 4.78 is 35.6. The molecule has 132 valence electrons. The summed E-state index contributed by atoms with van der Waals surface area (Å²) in [5.41, 5.74) is 0.938. The molecule has 8 heteroatoms. The lowest BCUT2D eigenvalue weighted by Gasteiger charge is -2.29. The van der Waals surface area contributed by atoms with Crippen molar-refractivity contribution < 1.29 is 23.0 Å². The summed E-state index contributed by atoms with van der Waals surface area (Å²) in [5.74, 6) is 0. The third kappa shape index (κ3) is 7.75. The van der Waals surface area contributed by atoms with Crippen LogP contribution in [0.1, 0.15) is 19.4 Å². The van der Waals surface area contributed by atoms with Gasteiger partial charge in [-0.1, -0.05) is 35.2 Å². The van der Waals surface area contributed by atoms with Gasteiger partial charge in [0, 0.05) is 12.7 Å². The van der Waals surface area contributed by atoms with Gasteiger partial charge < -0.3 is 4.57 Å². The Labute approximate surface area is 139 Å². The van der Waals surface area contributed by atoms with Gasteiger partial charge >= 0.3 is 7.75 Å². The molecule has 0 aromatic heterocycles. The molecular formula is C15H27NO5P2. The smallest absolute Gasteiger partial charge is 0.324 e. The highest BCUT2D eigenvalue weighted by Crippen LogP contribution is 2.53. The topological polar surface area (TPSA) is 65.1 Å². The van der Waals surface area contributed by atoms with Gasteiger partial charge in [-0.15, -0.1) is 0 Å². The minimum absolute atomic E-state index is 0.217. The van der Waals surface area contributed by atoms with E-state index in [1.165, 1.54) is 4.83 Å². The van der Waals surface area contributed by atoms with E-state index in [1.54, 1.807) is 27.2 Å². The Hall–Kier alpha value is -0.480. The molecule has 1 rings (SSSR count). The fourth-order valence-corrected chi connectivity index (χ4v) is 4.15. The van der Waals surface area contributed by atoms with Crippen molar-refractivity contribution >= 4 is 14.9 Å². The Kier molecular flexibility index (Phi) is 8.70. The number of benzene rings is 1. The van der Waals surface area contributed by atoms with Crippen LogP contribution in [0.3, 0.4) is 0 Å². The van der Waals surface area contributed by atoms with E-state index in [1.807, 2.05) is 30.3 Å². The molecule has 0 unspecified atom stereocenters. The van der Waals surface area contributed by atoms with Crippen molar-refractivity contribution in [3.05, 3.63) is 35.9 Å². The van der Waals surface area contributed by atoms with Crippen LogP contribution >= 0.6 is 14.9 Å². The quantitative estimate of drug-likeness (QED) is 0.433. The third-order valence-corrected chi connectivity index (χ3v) is 6.22. The second-order valence-electron chi connectivity index (χ2n) is 5.44. The van der Waals surface area contributed by atoms with E-state index in [-0.39, 0.29) is 26.4 Å². The van der Waals surface area contributed by atoms with Crippen molar-refractivity contribution in [2.24, 2.45) is 0 Å². The lowest BCUT2D eigenvalue weighted by atomic mass is 10.2. The molecule has 0 N–H and O–H groups in total. The zero-order valence-corrected chi connectivity index (χ0v) is 16.1. The van der Waals surface area contributed by atoms with E-state index in [9.17, 15) is 9.13 Å². The number of hydrogen-bond acceptors (Lipinski definition) is 5. The lowest BCUT2D eigenvalue weighted by Crippen LogP contribution is -2.26. The summed E-state index contributed by atoms with van der Waals surface area (Å²) >= 11 is 0. The molecule has 0 saturated heterocycles. The Balaban J connectivity index is 2.85. The molecule has 0 radical (unpaired) electrons. The van der Waals surface area contributed by atoms with E-state index in [4.69, 9.17) is 13.9 Å². The summed E-state index contributed by atoms with van der Waals surface area (Å²) in [5, 5.41) is 0. The Morgan fingerprint density at radius 2 is 1.57 bits per heavy atom. The zero-order chi connectivity index (χ0) is 17.3. The Morgan fingerprint density at radius 3 is 2.04 bits per heavy atom. The Morgan fingerprint density at radius 1 is 1.00 bits per heavy atom. The molecule has 0 amide bonds. The van der Waals surface area contributed by atoms with Gasteiger partial charge in [0.05, 0.1) is 27.0 Å². The molecule has 6 nitrogen and oxygen atoms in total. The molecule has 0 bridgehead atoms. The molecule has 1 aromatic carbocycles. The van der Waals surface area contributed by atoms with Crippen molar-refractivity contribution in [2.75, 3.05) is 39.3 Å². The van der Waals surface area contributed by atoms with Gasteiger partial charge in [0.15, 0.2) is 0 Å². The van der Waals surface area contributed by atoms with Gasteiger partial charge in [-0.05, 0) is 32.7 Å². The number of hydroxylamine groups is 1.